The van der Waals surface area contributed by atoms with Crippen LogP contribution in [-0.2, 0) is 19.1 Å². The summed E-state index contributed by atoms with van der Waals surface area (Å²) in [5, 5.41) is 12.4. The summed E-state index contributed by atoms with van der Waals surface area (Å²) >= 11 is 2.01. The fourth-order valence-corrected chi connectivity index (χ4v) is 3.22. The number of amides is 2. The molecule has 1 fully saturated rings. The molecule has 1 aliphatic heterocycles. The maximum atomic E-state index is 12.1. The number of carbonyl (C=O) groups is 3. The second-order valence-corrected chi connectivity index (χ2v) is 5.89. The van der Waals surface area contributed by atoms with Gasteiger partial charge in [0.2, 0.25) is 12.1 Å². The van der Waals surface area contributed by atoms with Crippen molar-refractivity contribution in [1.29, 1.82) is 0 Å². The molecule has 1 saturated heterocycles. The van der Waals surface area contributed by atoms with Gasteiger partial charge in [0.25, 0.3) is 5.91 Å². The number of β-lactam (4-membered cyclic amide) rings is 1. The summed E-state index contributed by atoms with van der Waals surface area (Å²) in [6.45, 7) is -0.235. The number of nitrogens with one attached hydrogen (secondary N) is 1. The van der Waals surface area contributed by atoms with Gasteiger partial charge in [-0.1, -0.05) is 40.8 Å². The molecule has 24 heavy (non-hydrogen) atoms. The number of ether oxygens (including phenoxy) is 2. The largest absolute Gasteiger partial charge is 0.484 e. The molecule has 1 aromatic carbocycles. The van der Waals surface area contributed by atoms with Crippen LogP contribution in [0.5, 0.6) is 5.75 Å². The highest BCUT2D eigenvalue weighted by Gasteiger charge is 2.52. The monoisotopic (exact) mass is 448 g/mol. The maximum absolute atomic E-state index is 12.1. The van der Waals surface area contributed by atoms with Crippen LogP contribution in [0.25, 0.3) is 0 Å². The van der Waals surface area contributed by atoms with E-state index < -0.39 is 36.1 Å². The summed E-state index contributed by atoms with van der Waals surface area (Å²) in [6, 6.07) is 7.52. The molecule has 0 aromatic heterocycles. The number of nitrogens with zero attached hydrogens (tertiary/aromatic N) is 1. The van der Waals surface area contributed by atoms with E-state index in [2.05, 4.69) is 10.1 Å². The quantitative estimate of drug-likeness (QED) is 0.257. The van der Waals surface area contributed by atoms with Gasteiger partial charge in [-0.25, -0.2) is 4.79 Å². The Hall–Kier alpha value is -1.88. The number of aliphatic hydroxyl groups excluding tert-OH is 1. The number of hydrogen-bond donors (Lipinski definition) is 2. The minimum absolute atomic E-state index is 0.235. The first-order valence-corrected chi connectivity index (χ1v) is 8.63. The Labute approximate surface area is 152 Å². The number of hydrogen-bond acceptors (Lipinski definition) is 6. The molecule has 8 nitrogen and oxygen atoms in total. The predicted molar refractivity (Wildman–Crippen MR) is 91.4 cm³/mol. The standard InChI is InChI=1S/C15H17IN2O6/c1-23-15(22)14(21)18-10(7-16)12(13(18)20)17-11(19)8-24-9-5-3-2-4-6-9/h2-6,10,12,14,21H,7-8H2,1H3,(H,17,19)/t10-,12+,14?/m1/s1. The summed E-state index contributed by atoms with van der Waals surface area (Å²) in [5.74, 6) is -1.38. The molecule has 2 rings (SSSR count). The second kappa shape index (κ2) is 8.29. The van der Waals surface area contributed by atoms with E-state index in [9.17, 15) is 19.5 Å². The third kappa shape index (κ3) is 3.96. The summed E-state index contributed by atoms with van der Waals surface area (Å²) in [4.78, 5) is 36.4. The van der Waals surface area contributed by atoms with Gasteiger partial charge in [-0.2, -0.15) is 0 Å². The van der Waals surface area contributed by atoms with Crippen LogP contribution >= 0.6 is 22.6 Å². The van der Waals surface area contributed by atoms with Crippen molar-refractivity contribution in [2.45, 2.75) is 18.3 Å². The van der Waals surface area contributed by atoms with E-state index in [1.807, 2.05) is 28.7 Å². The topological polar surface area (TPSA) is 105 Å². The first-order valence-electron chi connectivity index (χ1n) is 7.10. The van der Waals surface area contributed by atoms with Crippen molar-refractivity contribution in [3.05, 3.63) is 30.3 Å². The van der Waals surface area contributed by atoms with Crippen LogP contribution in [-0.4, -0.2) is 64.2 Å². The average molecular weight is 448 g/mol. The molecule has 0 spiro atoms. The van der Waals surface area contributed by atoms with Gasteiger partial charge in [-0.05, 0) is 12.1 Å². The number of rotatable bonds is 7. The van der Waals surface area contributed by atoms with Crippen LogP contribution in [0.3, 0.4) is 0 Å². The zero-order chi connectivity index (χ0) is 17.7. The SMILES string of the molecule is COC(=O)C(O)N1C(=O)[C@@H](NC(=O)COc2ccccc2)[C@H]1CI. The summed E-state index contributed by atoms with van der Waals surface area (Å²) in [6.07, 6.45) is -1.67. The van der Waals surface area contributed by atoms with Crippen LogP contribution in [0.4, 0.5) is 0 Å². The van der Waals surface area contributed by atoms with Crippen molar-refractivity contribution >= 4 is 40.4 Å². The van der Waals surface area contributed by atoms with Gasteiger partial charge in [0.05, 0.1) is 13.2 Å². The van der Waals surface area contributed by atoms with Crippen LogP contribution < -0.4 is 10.1 Å². The van der Waals surface area contributed by atoms with Gasteiger partial charge in [-0.3, -0.25) is 14.5 Å². The van der Waals surface area contributed by atoms with Gasteiger partial charge in [-0.15, -0.1) is 0 Å². The molecule has 2 amide bonds. The molecular weight excluding hydrogens is 431 g/mol. The molecule has 1 unspecified atom stereocenters. The van der Waals surface area contributed by atoms with Crippen molar-refractivity contribution in [3.63, 3.8) is 0 Å². The van der Waals surface area contributed by atoms with Crippen molar-refractivity contribution in [2.24, 2.45) is 0 Å². The number of benzene rings is 1. The number of alkyl halides is 1. The first-order chi connectivity index (χ1) is 11.5. The Kier molecular flexibility index (Phi) is 6.37. The highest BCUT2D eigenvalue weighted by Crippen LogP contribution is 2.25. The van der Waals surface area contributed by atoms with E-state index >= 15 is 0 Å². The third-order valence-electron chi connectivity index (χ3n) is 3.53. The molecule has 0 radical (unpaired) electrons. The Bertz CT molecular complexity index is 611. The lowest BCUT2D eigenvalue weighted by Gasteiger charge is -2.47. The molecule has 2 N–H and O–H groups in total. The third-order valence-corrected chi connectivity index (χ3v) is 4.43. The van der Waals surface area contributed by atoms with Crippen LogP contribution in [0.15, 0.2) is 30.3 Å². The lowest BCUT2D eigenvalue weighted by molar-refractivity contribution is -0.184. The zero-order valence-electron chi connectivity index (χ0n) is 12.8. The minimum Gasteiger partial charge on any atom is -0.484 e. The lowest BCUT2D eigenvalue weighted by atomic mass is 9.96. The number of carbonyl (C=O) groups excluding carboxylic acids is 3. The van der Waals surface area contributed by atoms with Gasteiger partial charge < -0.3 is 19.9 Å². The Morgan fingerprint density at radius 2 is 2.04 bits per heavy atom. The molecule has 0 bridgehead atoms. The Morgan fingerprint density at radius 1 is 1.38 bits per heavy atom. The number of esters is 1. The Balaban J connectivity index is 1.89. The van der Waals surface area contributed by atoms with Gasteiger partial charge in [0.15, 0.2) is 6.61 Å². The molecule has 1 aromatic rings. The van der Waals surface area contributed by atoms with Gasteiger partial charge in [0.1, 0.15) is 11.8 Å². The van der Waals surface area contributed by atoms with Crippen LogP contribution in [0, 0.1) is 0 Å². The second-order valence-electron chi connectivity index (χ2n) is 5.01. The predicted octanol–water partition coefficient (Wildman–Crippen LogP) is -0.313. The molecule has 9 heteroatoms. The lowest BCUT2D eigenvalue weighted by Crippen LogP contribution is -2.75. The maximum Gasteiger partial charge on any atom is 0.356 e. The van der Waals surface area contributed by atoms with Crippen LogP contribution in [0.2, 0.25) is 0 Å². The van der Waals surface area contributed by atoms with E-state index in [4.69, 9.17) is 4.74 Å². The number of methoxy groups -OCH3 is 1. The fraction of sp³-hybridized carbons (Fsp3) is 0.400. The van der Waals surface area contributed by atoms with Gasteiger partial charge >= 0.3 is 5.97 Å². The average Bonchev–Trinajstić information content (AvgIpc) is 2.61. The van der Waals surface area contributed by atoms with E-state index in [0.717, 1.165) is 12.0 Å². The van der Waals surface area contributed by atoms with Gasteiger partial charge in [0, 0.05) is 4.43 Å². The fourth-order valence-electron chi connectivity index (χ4n) is 2.29. The highest BCUT2D eigenvalue weighted by atomic mass is 127. The van der Waals surface area contributed by atoms with E-state index in [0.29, 0.717) is 10.2 Å². The van der Waals surface area contributed by atoms with E-state index in [1.54, 1.807) is 24.3 Å². The number of para-hydroxylation sites is 1. The summed E-state index contributed by atoms with van der Waals surface area (Å²) in [5.41, 5.74) is 0. The zero-order valence-corrected chi connectivity index (χ0v) is 15.0. The normalized spacial score (nSPS) is 20.8. The van der Waals surface area contributed by atoms with E-state index in [-0.39, 0.29) is 6.61 Å². The molecule has 130 valence electrons. The van der Waals surface area contributed by atoms with Crippen molar-refractivity contribution in [3.8, 4) is 5.75 Å². The molecule has 1 aliphatic rings. The molecule has 3 atom stereocenters. The van der Waals surface area contributed by atoms with Crippen molar-refractivity contribution in [1.82, 2.24) is 10.2 Å². The van der Waals surface area contributed by atoms with Crippen LogP contribution in [0.1, 0.15) is 0 Å². The summed E-state index contributed by atoms with van der Waals surface area (Å²) in [7, 11) is 1.12. The van der Waals surface area contributed by atoms with Crippen molar-refractivity contribution < 1.29 is 29.0 Å². The highest BCUT2D eigenvalue weighted by molar-refractivity contribution is 14.1. The first kappa shape index (κ1) is 18.5. The number of likely N-dealkylation sites (tertiary alicyclic amines) is 1. The minimum atomic E-state index is -1.67. The molecule has 1 heterocycles. The summed E-state index contributed by atoms with van der Waals surface area (Å²) < 4.78 is 10.2. The number of halogens is 1. The van der Waals surface area contributed by atoms with Crippen molar-refractivity contribution in [2.75, 3.05) is 18.1 Å². The number of aliphatic hydroxyl groups is 1. The Morgan fingerprint density at radius 3 is 2.62 bits per heavy atom. The molecule has 0 aliphatic carbocycles. The smallest absolute Gasteiger partial charge is 0.356 e. The van der Waals surface area contributed by atoms with E-state index in [1.165, 1.54) is 0 Å². The molecular formula is C15H17IN2O6. The molecule has 0 saturated carbocycles.